The molecule has 0 aliphatic carbocycles. The minimum absolute atomic E-state index is 0.0267. The van der Waals surface area contributed by atoms with Gasteiger partial charge in [-0.15, -0.1) is 0 Å². The molecule has 0 saturated heterocycles. The fourth-order valence-corrected chi connectivity index (χ4v) is 1.31. The van der Waals surface area contributed by atoms with Gasteiger partial charge in [-0.05, 0) is 19.4 Å². The van der Waals surface area contributed by atoms with Gasteiger partial charge >= 0.3 is 0 Å². The van der Waals surface area contributed by atoms with Crippen LogP contribution in [0.4, 0.5) is 0 Å². The summed E-state index contributed by atoms with van der Waals surface area (Å²) in [5.41, 5.74) is 7.13. The minimum Gasteiger partial charge on any atom is -0.377 e. The molecule has 2 nitrogen and oxygen atoms in total. The van der Waals surface area contributed by atoms with Crippen molar-refractivity contribution in [2.45, 2.75) is 26.0 Å². The van der Waals surface area contributed by atoms with Crippen LogP contribution in [0.2, 0.25) is 0 Å². The molecule has 1 aromatic carbocycles. The highest BCUT2D eigenvalue weighted by atomic mass is 16.5. The van der Waals surface area contributed by atoms with E-state index >= 15 is 0 Å². The van der Waals surface area contributed by atoms with E-state index in [1.165, 1.54) is 0 Å². The van der Waals surface area contributed by atoms with Crippen LogP contribution in [-0.2, 0) is 4.74 Å². The van der Waals surface area contributed by atoms with E-state index in [0.717, 1.165) is 5.56 Å². The Bertz CT molecular complexity index is 235. The highest BCUT2D eigenvalue weighted by Crippen LogP contribution is 2.15. The molecule has 2 unspecified atom stereocenters. The molecule has 0 bridgehead atoms. The van der Waals surface area contributed by atoms with Crippen molar-refractivity contribution in [3.8, 4) is 0 Å². The van der Waals surface area contributed by atoms with E-state index in [9.17, 15) is 0 Å². The maximum absolute atomic E-state index is 6.00. The van der Waals surface area contributed by atoms with Crippen molar-refractivity contribution in [1.82, 2.24) is 0 Å². The smallest absolute Gasteiger partial charge is 0.0739 e. The van der Waals surface area contributed by atoms with Crippen LogP contribution in [0.1, 0.15) is 25.5 Å². The largest absolute Gasteiger partial charge is 0.377 e. The fraction of sp³-hybridized carbons (Fsp3) is 0.455. The summed E-state index contributed by atoms with van der Waals surface area (Å²) in [5.74, 6) is 0. The summed E-state index contributed by atoms with van der Waals surface area (Å²) < 4.78 is 5.43. The Kier molecular flexibility index (Phi) is 3.93. The Morgan fingerprint density at radius 2 is 1.92 bits per heavy atom. The Hall–Kier alpha value is -0.860. The lowest BCUT2D eigenvalue weighted by atomic mass is 10.0. The lowest BCUT2D eigenvalue weighted by Crippen LogP contribution is -2.26. The molecule has 0 radical (unpaired) electrons. The molecule has 0 heterocycles. The molecule has 1 aromatic rings. The van der Waals surface area contributed by atoms with E-state index in [1.807, 2.05) is 44.2 Å². The summed E-state index contributed by atoms with van der Waals surface area (Å²) in [6.45, 7) is 4.69. The van der Waals surface area contributed by atoms with Crippen LogP contribution >= 0.6 is 0 Å². The number of benzene rings is 1. The van der Waals surface area contributed by atoms with E-state index in [-0.39, 0.29) is 12.1 Å². The third-order valence-electron chi connectivity index (χ3n) is 2.12. The highest BCUT2D eigenvalue weighted by molar-refractivity contribution is 5.19. The average molecular weight is 179 g/mol. The summed E-state index contributed by atoms with van der Waals surface area (Å²) in [6, 6.07) is 10.0. The van der Waals surface area contributed by atoms with Crippen molar-refractivity contribution >= 4 is 0 Å². The van der Waals surface area contributed by atoms with Crippen molar-refractivity contribution < 1.29 is 4.74 Å². The SMILES string of the molecule is CCOC(C)C(N)c1ccccc1. The zero-order chi connectivity index (χ0) is 9.68. The molecular formula is C11H17NO. The van der Waals surface area contributed by atoms with Crippen LogP contribution < -0.4 is 5.73 Å². The third kappa shape index (κ3) is 2.83. The van der Waals surface area contributed by atoms with Gasteiger partial charge in [0.1, 0.15) is 0 Å². The second-order valence-electron chi connectivity index (χ2n) is 3.10. The van der Waals surface area contributed by atoms with Crippen LogP contribution in [-0.4, -0.2) is 12.7 Å². The van der Waals surface area contributed by atoms with E-state index < -0.39 is 0 Å². The zero-order valence-electron chi connectivity index (χ0n) is 8.23. The molecule has 2 atom stereocenters. The van der Waals surface area contributed by atoms with Gasteiger partial charge in [0.25, 0.3) is 0 Å². The second kappa shape index (κ2) is 5.00. The monoisotopic (exact) mass is 179 g/mol. The fourth-order valence-electron chi connectivity index (χ4n) is 1.31. The van der Waals surface area contributed by atoms with Crippen LogP contribution in [0.25, 0.3) is 0 Å². The Morgan fingerprint density at radius 1 is 1.31 bits per heavy atom. The molecule has 0 saturated carbocycles. The topological polar surface area (TPSA) is 35.2 Å². The quantitative estimate of drug-likeness (QED) is 0.768. The molecule has 72 valence electrons. The van der Waals surface area contributed by atoms with Crippen molar-refractivity contribution in [2.24, 2.45) is 5.73 Å². The van der Waals surface area contributed by atoms with Gasteiger partial charge in [-0.2, -0.15) is 0 Å². The zero-order valence-corrected chi connectivity index (χ0v) is 8.23. The number of hydrogen-bond acceptors (Lipinski definition) is 2. The van der Waals surface area contributed by atoms with E-state index in [2.05, 4.69) is 0 Å². The van der Waals surface area contributed by atoms with Gasteiger partial charge < -0.3 is 10.5 Å². The molecule has 1 rings (SSSR count). The van der Waals surface area contributed by atoms with Crippen molar-refractivity contribution in [3.05, 3.63) is 35.9 Å². The van der Waals surface area contributed by atoms with Gasteiger partial charge in [0.15, 0.2) is 0 Å². The van der Waals surface area contributed by atoms with Crippen molar-refractivity contribution in [2.75, 3.05) is 6.61 Å². The van der Waals surface area contributed by atoms with Crippen molar-refractivity contribution in [1.29, 1.82) is 0 Å². The molecule has 2 heteroatoms. The lowest BCUT2D eigenvalue weighted by Gasteiger charge is -2.19. The molecule has 0 aliphatic rings. The predicted octanol–water partition coefficient (Wildman–Crippen LogP) is 2.11. The lowest BCUT2D eigenvalue weighted by molar-refractivity contribution is 0.0574. The van der Waals surface area contributed by atoms with Crippen molar-refractivity contribution in [3.63, 3.8) is 0 Å². The summed E-state index contributed by atoms with van der Waals surface area (Å²) in [5, 5.41) is 0. The number of ether oxygens (including phenoxy) is 1. The first-order valence-corrected chi connectivity index (χ1v) is 4.67. The third-order valence-corrected chi connectivity index (χ3v) is 2.12. The van der Waals surface area contributed by atoms with Gasteiger partial charge in [0.05, 0.1) is 12.1 Å². The van der Waals surface area contributed by atoms with Crippen LogP contribution in [0, 0.1) is 0 Å². The van der Waals surface area contributed by atoms with Gasteiger partial charge in [-0.3, -0.25) is 0 Å². The average Bonchev–Trinajstić information content (AvgIpc) is 2.18. The molecule has 0 spiro atoms. The molecule has 0 aromatic heterocycles. The van der Waals surface area contributed by atoms with E-state index in [0.29, 0.717) is 6.61 Å². The molecule has 2 N–H and O–H groups in total. The highest BCUT2D eigenvalue weighted by Gasteiger charge is 2.13. The Morgan fingerprint density at radius 3 is 2.46 bits per heavy atom. The first-order chi connectivity index (χ1) is 6.25. The van der Waals surface area contributed by atoms with Crippen LogP contribution in [0.15, 0.2) is 30.3 Å². The number of rotatable bonds is 4. The Balaban J connectivity index is 2.62. The molecule has 0 fully saturated rings. The summed E-state index contributed by atoms with van der Waals surface area (Å²) in [7, 11) is 0. The molecule has 13 heavy (non-hydrogen) atoms. The van der Waals surface area contributed by atoms with E-state index in [1.54, 1.807) is 0 Å². The van der Waals surface area contributed by atoms with Gasteiger partial charge in [0.2, 0.25) is 0 Å². The number of nitrogens with two attached hydrogens (primary N) is 1. The molecule has 0 aliphatic heterocycles. The maximum atomic E-state index is 6.00. The maximum Gasteiger partial charge on any atom is 0.0739 e. The molecule has 0 amide bonds. The van der Waals surface area contributed by atoms with Gasteiger partial charge in [-0.25, -0.2) is 0 Å². The first kappa shape index (κ1) is 10.2. The van der Waals surface area contributed by atoms with Gasteiger partial charge in [-0.1, -0.05) is 30.3 Å². The van der Waals surface area contributed by atoms with E-state index in [4.69, 9.17) is 10.5 Å². The van der Waals surface area contributed by atoms with Gasteiger partial charge in [0, 0.05) is 6.61 Å². The van der Waals surface area contributed by atoms with Crippen LogP contribution in [0.5, 0.6) is 0 Å². The number of hydrogen-bond donors (Lipinski definition) is 1. The minimum atomic E-state index is -0.0267. The normalized spacial score (nSPS) is 15.3. The molecular weight excluding hydrogens is 162 g/mol. The second-order valence-corrected chi connectivity index (χ2v) is 3.10. The predicted molar refractivity (Wildman–Crippen MR) is 54.5 cm³/mol. The van der Waals surface area contributed by atoms with Crippen LogP contribution in [0.3, 0.4) is 0 Å². The first-order valence-electron chi connectivity index (χ1n) is 4.67. The summed E-state index contributed by atoms with van der Waals surface area (Å²) in [4.78, 5) is 0. The summed E-state index contributed by atoms with van der Waals surface area (Å²) in [6.07, 6.45) is 0.0763. The summed E-state index contributed by atoms with van der Waals surface area (Å²) >= 11 is 0. The Labute approximate surface area is 79.7 Å². The standard InChI is InChI=1S/C11H17NO/c1-3-13-9(2)11(12)10-7-5-4-6-8-10/h4-9,11H,3,12H2,1-2H3.